The smallest absolute Gasteiger partial charge is 0.319 e. The van der Waals surface area contributed by atoms with Gasteiger partial charge in [0.25, 0.3) is 11.6 Å². The lowest BCUT2D eigenvalue weighted by Crippen LogP contribution is -2.41. The fourth-order valence-electron chi connectivity index (χ4n) is 2.89. The fraction of sp³-hybridized carbons (Fsp3) is 0.278. The van der Waals surface area contributed by atoms with Crippen molar-refractivity contribution in [1.82, 2.24) is 10.2 Å². The monoisotopic (exact) mass is 387 g/mol. The van der Waals surface area contributed by atoms with Gasteiger partial charge in [0.15, 0.2) is 5.78 Å². The van der Waals surface area contributed by atoms with E-state index in [2.05, 4.69) is 5.32 Å². The van der Waals surface area contributed by atoms with Crippen LogP contribution in [0.4, 0.5) is 10.5 Å². The first-order chi connectivity index (χ1) is 12.8. The summed E-state index contributed by atoms with van der Waals surface area (Å²) in [6.45, 7) is 3.14. The lowest BCUT2D eigenvalue weighted by atomic mass is 9.92. The highest BCUT2D eigenvalue weighted by atomic mass is 32.1. The number of nitrogens with one attached hydrogen (secondary N) is 1. The van der Waals surface area contributed by atoms with Gasteiger partial charge < -0.3 is 5.32 Å². The van der Waals surface area contributed by atoms with Gasteiger partial charge in [-0.15, -0.1) is 11.3 Å². The summed E-state index contributed by atoms with van der Waals surface area (Å²) in [5.41, 5.74) is -1.09. The molecule has 1 atom stereocenters. The van der Waals surface area contributed by atoms with Gasteiger partial charge in [0.2, 0.25) is 0 Å². The molecule has 1 saturated heterocycles. The Hall–Kier alpha value is -3.07. The van der Waals surface area contributed by atoms with E-state index >= 15 is 0 Å². The topological polar surface area (TPSA) is 110 Å². The van der Waals surface area contributed by atoms with Crippen molar-refractivity contribution in [3.8, 4) is 0 Å². The van der Waals surface area contributed by atoms with Crippen molar-refractivity contribution in [3.05, 3.63) is 61.8 Å². The molecule has 0 saturated carbocycles. The predicted octanol–water partition coefficient (Wildman–Crippen LogP) is 2.87. The number of benzene rings is 1. The molecule has 1 aliphatic heterocycles. The molecule has 0 radical (unpaired) electrons. The molecule has 0 spiro atoms. The summed E-state index contributed by atoms with van der Waals surface area (Å²) in [4.78, 5) is 50.3. The highest BCUT2D eigenvalue weighted by molar-refractivity contribution is 7.14. The Bertz CT molecular complexity index is 937. The lowest BCUT2D eigenvalue weighted by Gasteiger charge is -2.21. The molecule has 2 heterocycles. The van der Waals surface area contributed by atoms with E-state index in [0.29, 0.717) is 10.4 Å². The molecule has 1 N–H and O–H groups in total. The quantitative estimate of drug-likeness (QED) is 0.355. The number of thiophene rings is 1. The minimum Gasteiger partial charge on any atom is -0.319 e. The summed E-state index contributed by atoms with van der Waals surface area (Å²) in [6, 6.07) is 8.27. The maximum absolute atomic E-state index is 12.8. The van der Waals surface area contributed by atoms with E-state index < -0.39 is 22.4 Å². The van der Waals surface area contributed by atoms with Crippen molar-refractivity contribution < 1.29 is 19.3 Å². The molecule has 1 aromatic heterocycles. The van der Waals surface area contributed by atoms with Gasteiger partial charge in [-0.1, -0.05) is 6.92 Å². The zero-order valence-corrected chi connectivity index (χ0v) is 15.5. The number of carbonyl (C=O) groups is 3. The molecule has 1 aliphatic rings. The van der Waals surface area contributed by atoms with Crippen molar-refractivity contribution in [2.75, 3.05) is 6.54 Å². The number of nitrogens with zero attached hydrogens (tertiary/aromatic N) is 2. The van der Waals surface area contributed by atoms with E-state index in [1.54, 1.807) is 6.07 Å². The predicted molar refractivity (Wildman–Crippen MR) is 98.7 cm³/mol. The Morgan fingerprint density at radius 2 is 1.89 bits per heavy atom. The summed E-state index contributed by atoms with van der Waals surface area (Å²) in [5, 5.41) is 13.4. The molecule has 9 heteroatoms. The van der Waals surface area contributed by atoms with Crippen LogP contribution in [0.25, 0.3) is 0 Å². The molecule has 27 heavy (non-hydrogen) atoms. The molecule has 8 nitrogen and oxygen atoms in total. The van der Waals surface area contributed by atoms with Crippen LogP contribution in [0.5, 0.6) is 0 Å². The lowest BCUT2D eigenvalue weighted by molar-refractivity contribution is -0.384. The van der Waals surface area contributed by atoms with Gasteiger partial charge in [0, 0.05) is 17.0 Å². The molecule has 2 aromatic rings. The van der Waals surface area contributed by atoms with Crippen LogP contribution in [-0.2, 0) is 16.8 Å². The number of amides is 3. The average molecular weight is 387 g/mol. The minimum absolute atomic E-state index is 0.115. The van der Waals surface area contributed by atoms with Crippen molar-refractivity contribution in [2.24, 2.45) is 0 Å². The highest BCUT2D eigenvalue weighted by Gasteiger charge is 2.49. The van der Waals surface area contributed by atoms with Crippen LogP contribution in [-0.4, -0.2) is 34.1 Å². The number of rotatable bonds is 6. The van der Waals surface area contributed by atoms with Crippen LogP contribution >= 0.6 is 11.3 Å². The van der Waals surface area contributed by atoms with E-state index in [-0.39, 0.29) is 18.0 Å². The second-order valence-electron chi connectivity index (χ2n) is 6.29. The van der Waals surface area contributed by atoms with Gasteiger partial charge in [-0.2, -0.15) is 0 Å². The van der Waals surface area contributed by atoms with Gasteiger partial charge in [-0.3, -0.25) is 24.6 Å². The van der Waals surface area contributed by atoms with Gasteiger partial charge >= 0.3 is 6.03 Å². The maximum Gasteiger partial charge on any atom is 0.325 e. The van der Waals surface area contributed by atoms with Crippen LogP contribution in [0.3, 0.4) is 0 Å². The zero-order valence-electron chi connectivity index (χ0n) is 14.7. The number of hydrogen-bond acceptors (Lipinski definition) is 6. The SMILES string of the molecule is CCc1ccc(C(=O)CN2C(=O)N[C@](C)(c3ccc([N+](=O)[O-])cc3)C2=O)s1. The van der Waals surface area contributed by atoms with Crippen LogP contribution < -0.4 is 5.32 Å². The molecule has 1 fully saturated rings. The number of imide groups is 1. The van der Waals surface area contributed by atoms with Crippen molar-refractivity contribution >= 4 is 34.7 Å². The van der Waals surface area contributed by atoms with Crippen molar-refractivity contribution in [2.45, 2.75) is 25.8 Å². The molecular weight excluding hydrogens is 370 g/mol. The molecule has 0 bridgehead atoms. The second-order valence-corrected chi connectivity index (χ2v) is 7.46. The average Bonchev–Trinajstić information content (AvgIpc) is 3.21. The van der Waals surface area contributed by atoms with Gasteiger partial charge in [-0.05, 0) is 43.2 Å². The number of urea groups is 1. The number of nitro benzene ring substituents is 1. The molecule has 3 rings (SSSR count). The Morgan fingerprint density at radius 1 is 1.22 bits per heavy atom. The number of Topliss-reactive ketones (excluding diaryl/α,β-unsaturated/α-hetero) is 1. The number of hydrogen-bond donors (Lipinski definition) is 1. The summed E-state index contributed by atoms with van der Waals surface area (Å²) in [7, 11) is 0. The first kappa shape index (κ1) is 18.7. The second kappa shape index (κ2) is 6.92. The fourth-order valence-corrected chi connectivity index (χ4v) is 3.77. The van der Waals surface area contributed by atoms with Crippen LogP contribution in [0, 0.1) is 10.1 Å². The normalized spacial score (nSPS) is 19.3. The van der Waals surface area contributed by atoms with E-state index in [1.807, 2.05) is 13.0 Å². The van der Waals surface area contributed by atoms with E-state index in [0.717, 1.165) is 16.2 Å². The largest absolute Gasteiger partial charge is 0.325 e. The highest BCUT2D eigenvalue weighted by Crippen LogP contribution is 2.30. The molecule has 140 valence electrons. The molecular formula is C18H17N3O5S. The van der Waals surface area contributed by atoms with Crippen LogP contribution in [0.15, 0.2) is 36.4 Å². The summed E-state index contributed by atoms with van der Waals surface area (Å²) < 4.78 is 0. The minimum atomic E-state index is -1.38. The van der Waals surface area contributed by atoms with Gasteiger partial charge in [-0.25, -0.2) is 4.79 Å². The maximum atomic E-state index is 12.8. The number of nitro groups is 1. The third-order valence-electron chi connectivity index (χ3n) is 4.52. The first-order valence-electron chi connectivity index (χ1n) is 8.27. The Morgan fingerprint density at radius 3 is 2.44 bits per heavy atom. The molecule has 1 aromatic carbocycles. The summed E-state index contributed by atoms with van der Waals surface area (Å²) >= 11 is 1.34. The Kier molecular flexibility index (Phi) is 4.79. The van der Waals surface area contributed by atoms with Gasteiger partial charge in [0.1, 0.15) is 5.54 Å². The molecule has 0 unspecified atom stereocenters. The van der Waals surface area contributed by atoms with Crippen molar-refractivity contribution in [1.29, 1.82) is 0 Å². The third kappa shape index (κ3) is 3.33. The van der Waals surface area contributed by atoms with Crippen LogP contribution in [0.1, 0.15) is 34.0 Å². The summed E-state index contributed by atoms with van der Waals surface area (Å²) in [6.07, 6.45) is 0.805. The number of carbonyl (C=O) groups excluding carboxylic acids is 3. The number of ketones is 1. The Balaban J connectivity index is 1.81. The summed E-state index contributed by atoms with van der Waals surface area (Å²) in [5.74, 6) is -0.877. The number of non-ortho nitro benzene ring substituents is 1. The van der Waals surface area contributed by atoms with E-state index in [9.17, 15) is 24.5 Å². The first-order valence-corrected chi connectivity index (χ1v) is 9.09. The number of aryl methyl sites for hydroxylation is 1. The third-order valence-corrected chi connectivity index (χ3v) is 5.79. The van der Waals surface area contributed by atoms with Crippen LogP contribution in [0.2, 0.25) is 0 Å². The van der Waals surface area contributed by atoms with Crippen molar-refractivity contribution in [3.63, 3.8) is 0 Å². The van der Waals surface area contributed by atoms with E-state index in [4.69, 9.17) is 0 Å². The van der Waals surface area contributed by atoms with Gasteiger partial charge in [0.05, 0.1) is 16.3 Å². The standard InChI is InChI=1S/C18H17N3O5S/c1-3-13-8-9-15(27-13)14(22)10-20-16(23)18(2,19-17(20)24)11-4-6-12(7-5-11)21(25)26/h4-9H,3,10H2,1-2H3,(H,19,24)/t18-/m1/s1. The van der Waals surface area contributed by atoms with E-state index in [1.165, 1.54) is 42.5 Å². The Labute approximate surface area is 158 Å². The zero-order chi connectivity index (χ0) is 19.8. The molecule has 0 aliphatic carbocycles. The molecule has 3 amide bonds.